The van der Waals surface area contributed by atoms with Gasteiger partial charge in [-0.15, -0.1) is 0 Å². The number of hydrogen-bond donors (Lipinski definition) is 4. The highest BCUT2D eigenvalue weighted by molar-refractivity contribution is 7.85. The molecule has 4 N–H and O–H groups in total. The smallest absolute Gasteiger partial charge is 0.393 e. The molecule has 10 atom stereocenters. The molecule has 220 valence electrons. The third-order valence-corrected chi connectivity index (χ3v) is 11.5. The number of aliphatic hydroxyl groups is 1. The van der Waals surface area contributed by atoms with Crippen LogP contribution in [0, 0.1) is 46.3 Å². The lowest BCUT2D eigenvalue weighted by atomic mass is 9.43. The third-order valence-electron chi connectivity index (χ3n) is 10.4. The van der Waals surface area contributed by atoms with E-state index in [0.717, 1.165) is 12.8 Å². The molecule has 0 heterocycles. The first-order valence-corrected chi connectivity index (χ1v) is 16.5. The molecule has 4 rings (SSSR count). The Bertz CT molecular complexity index is 1320. The molecular formula is C26H45NO9S2. The van der Waals surface area contributed by atoms with Crippen LogP contribution in [0.1, 0.15) is 91.7 Å². The lowest BCUT2D eigenvalue weighted by Gasteiger charge is -2.62. The number of carbonyl (C=O) groups excluding carboxylic acids is 1. The van der Waals surface area contributed by atoms with Crippen molar-refractivity contribution in [2.24, 2.45) is 46.3 Å². The Balaban J connectivity index is 1.53. The molecule has 1 unspecified atom stereocenters. The second kappa shape index (κ2) is 10.9. The van der Waals surface area contributed by atoms with Crippen LogP contribution < -0.4 is 5.32 Å². The van der Waals surface area contributed by atoms with E-state index in [1.165, 1.54) is 0 Å². The molecule has 0 aliphatic heterocycles. The summed E-state index contributed by atoms with van der Waals surface area (Å²) in [6.07, 6.45) is -6.49. The summed E-state index contributed by atoms with van der Waals surface area (Å²) in [5.74, 6) is -1.89. The summed E-state index contributed by atoms with van der Waals surface area (Å²) in [7, 11) is -9.51. The van der Waals surface area contributed by atoms with Gasteiger partial charge in [-0.05, 0) is 104 Å². The van der Waals surface area contributed by atoms with Crippen LogP contribution in [0.4, 0.5) is 0 Å². The van der Waals surface area contributed by atoms with Crippen LogP contribution in [0.25, 0.3) is 0 Å². The first-order chi connectivity index (χ1) is 19.4. The van der Waals surface area contributed by atoms with Gasteiger partial charge in [0.1, 0.15) is 0 Å². The summed E-state index contributed by atoms with van der Waals surface area (Å²) < 4.78 is 111. The Kier molecular flexibility index (Phi) is 6.84. The summed E-state index contributed by atoms with van der Waals surface area (Å²) in [6, 6.07) is 0. The van der Waals surface area contributed by atoms with E-state index >= 15 is 0 Å². The van der Waals surface area contributed by atoms with Gasteiger partial charge in [0, 0.05) is 18.4 Å². The molecule has 0 saturated heterocycles. The fraction of sp³-hybridized carbons (Fsp3) is 0.962. The van der Waals surface area contributed by atoms with Gasteiger partial charge in [0.05, 0.1) is 19.3 Å². The number of fused-ring (bicyclic) bond motifs is 5. The van der Waals surface area contributed by atoms with Crippen molar-refractivity contribution in [3.8, 4) is 0 Å². The molecule has 4 fully saturated rings. The fourth-order valence-corrected chi connectivity index (χ4v) is 9.16. The molecule has 0 aromatic heterocycles. The maximum absolute atomic E-state index is 12.3. The second-order valence-corrected chi connectivity index (χ2v) is 14.9. The van der Waals surface area contributed by atoms with Crippen molar-refractivity contribution >= 4 is 26.4 Å². The standard InChI is InChI=1S/C26H45NO9S2/c1-16(4-9-24(29)27-12-13-37(30,31)32)20-7-8-21-19-6-5-17-14-18(36-38(33,34)35)10-11-25(17,2)22(19)15-23(28)26(20,21)3/h16-23,28H,4-15H2,1-3H3,(H,27,29)(H,30,31,32)(H,33,34,35)/t16-,17-,18-,19+,20-,21+,22?,23+,25+,26-/m1/s1/i10D2,14D2,18D. The van der Waals surface area contributed by atoms with E-state index in [0.29, 0.717) is 19.3 Å². The van der Waals surface area contributed by atoms with Crippen molar-refractivity contribution in [3.63, 3.8) is 0 Å². The van der Waals surface area contributed by atoms with Gasteiger partial charge in [-0.3, -0.25) is 13.9 Å². The predicted molar refractivity (Wildman–Crippen MR) is 141 cm³/mol. The molecule has 4 aliphatic carbocycles. The molecule has 12 heteroatoms. The summed E-state index contributed by atoms with van der Waals surface area (Å²) in [6.45, 7) is 5.70. The van der Waals surface area contributed by atoms with Crippen molar-refractivity contribution in [3.05, 3.63) is 0 Å². The van der Waals surface area contributed by atoms with Gasteiger partial charge < -0.3 is 10.4 Å². The fourth-order valence-electron chi connectivity index (χ4n) is 8.48. The minimum Gasteiger partial charge on any atom is -0.393 e. The zero-order valence-corrected chi connectivity index (χ0v) is 23.9. The van der Waals surface area contributed by atoms with E-state index in [1.807, 2.05) is 6.92 Å². The Morgan fingerprint density at radius 3 is 2.53 bits per heavy atom. The number of rotatable bonds is 9. The highest BCUT2D eigenvalue weighted by Gasteiger charge is 2.63. The molecule has 0 radical (unpaired) electrons. The minimum absolute atomic E-state index is 0.0444. The van der Waals surface area contributed by atoms with Gasteiger partial charge in [-0.25, -0.2) is 4.18 Å². The number of nitrogens with one attached hydrogen (secondary N) is 1. The molecule has 4 aliphatic rings. The van der Waals surface area contributed by atoms with E-state index in [4.69, 9.17) is 11.4 Å². The van der Waals surface area contributed by atoms with Crippen LogP contribution in [0.5, 0.6) is 0 Å². The van der Waals surface area contributed by atoms with Crippen molar-refractivity contribution < 1.29 is 46.9 Å². The summed E-state index contributed by atoms with van der Waals surface area (Å²) >= 11 is 0. The van der Waals surface area contributed by atoms with Crippen LogP contribution in [0.3, 0.4) is 0 Å². The number of hydrogen-bond acceptors (Lipinski definition) is 7. The molecule has 0 aromatic carbocycles. The first kappa shape index (κ1) is 23.9. The topological polar surface area (TPSA) is 167 Å². The number of amides is 1. The van der Waals surface area contributed by atoms with Gasteiger partial charge in [0.15, 0.2) is 0 Å². The number of aliphatic hydroxyl groups excluding tert-OH is 1. The van der Waals surface area contributed by atoms with E-state index in [1.54, 1.807) is 6.92 Å². The third kappa shape index (κ3) is 6.10. The first-order valence-electron chi connectivity index (χ1n) is 16.0. The van der Waals surface area contributed by atoms with Gasteiger partial charge in [-0.2, -0.15) is 16.8 Å². The van der Waals surface area contributed by atoms with Crippen LogP contribution in [0.15, 0.2) is 0 Å². The van der Waals surface area contributed by atoms with Gasteiger partial charge in [-0.1, -0.05) is 20.8 Å². The molecular weight excluding hydrogens is 534 g/mol. The van der Waals surface area contributed by atoms with Crippen LogP contribution in [-0.2, 0) is 29.5 Å². The van der Waals surface area contributed by atoms with Gasteiger partial charge in [0.25, 0.3) is 10.1 Å². The highest BCUT2D eigenvalue weighted by Crippen LogP contribution is 2.68. The Morgan fingerprint density at radius 1 is 1.16 bits per heavy atom. The zero-order chi connectivity index (χ0) is 32.6. The van der Waals surface area contributed by atoms with E-state index in [2.05, 4.69) is 16.4 Å². The normalized spacial score (nSPS) is 48.5. The second-order valence-electron chi connectivity index (χ2n) is 12.3. The summed E-state index contributed by atoms with van der Waals surface area (Å²) in [5.41, 5.74) is -1.51. The maximum Gasteiger partial charge on any atom is 0.397 e. The lowest BCUT2D eigenvalue weighted by Crippen LogP contribution is -2.59. The average Bonchev–Trinajstić information content (AvgIpc) is 3.19. The van der Waals surface area contributed by atoms with Crippen LogP contribution >= 0.6 is 0 Å². The molecule has 0 spiro atoms. The maximum atomic E-state index is 12.3. The molecule has 38 heavy (non-hydrogen) atoms. The quantitative estimate of drug-likeness (QED) is 0.297. The highest BCUT2D eigenvalue weighted by atomic mass is 32.3. The largest absolute Gasteiger partial charge is 0.397 e. The van der Waals surface area contributed by atoms with Crippen molar-refractivity contribution in [2.45, 2.75) is 97.1 Å². The SMILES string of the molecule is [2H]C1([2H])C[C@]2(C)C3C[C@H](O)[C@]4(C)[C@@H]([C@H](C)CCC(=O)NCCS(=O)(=O)O)CC[C@H]4[C@@H]3CC[C@@H]2C([2H])([2H])[C@]1([2H])OS(=O)(=O)O. The van der Waals surface area contributed by atoms with Gasteiger partial charge in [0.2, 0.25) is 5.91 Å². The molecule has 0 bridgehead atoms. The van der Waals surface area contributed by atoms with E-state index < -0.39 is 67.9 Å². The van der Waals surface area contributed by atoms with Crippen LogP contribution in [-0.4, -0.2) is 61.4 Å². The Labute approximate surface area is 234 Å². The lowest BCUT2D eigenvalue weighted by molar-refractivity contribution is -0.173. The molecule has 1 amide bonds. The van der Waals surface area contributed by atoms with Crippen molar-refractivity contribution in [1.82, 2.24) is 5.32 Å². The Morgan fingerprint density at radius 2 is 1.87 bits per heavy atom. The molecule has 10 nitrogen and oxygen atoms in total. The predicted octanol–water partition coefficient (Wildman–Crippen LogP) is 3.22. The van der Waals surface area contributed by atoms with Gasteiger partial charge >= 0.3 is 10.4 Å². The summed E-state index contributed by atoms with van der Waals surface area (Å²) in [4.78, 5) is 12.3. The van der Waals surface area contributed by atoms with E-state index in [9.17, 15) is 31.3 Å². The monoisotopic (exact) mass is 584 g/mol. The minimum atomic E-state index is -5.34. The van der Waals surface area contributed by atoms with Crippen molar-refractivity contribution in [2.75, 3.05) is 12.3 Å². The number of carbonyl (C=O) groups is 1. The summed E-state index contributed by atoms with van der Waals surface area (Å²) in [5, 5.41) is 14.3. The van der Waals surface area contributed by atoms with Crippen LogP contribution in [0.2, 0.25) is 0 Å². The molecule has 4 saturated carbocycles. The average molecular weight is 585 g/mol. The van der Waals surface area contributed by atoms with E-state index in [-0.39, 0.29) is 61.3 Å². The molecule has 0 aromatic rings. The van der Waals surface area contributed by atoms with Crippen molar-refractivity contribution in [1.29, 1.82) is 0 Å². The zero-order valence-electron chi connectivity index (χ0n) is 27.2. The Hall–Kier alpha value is -0.790.